The van der Waals surface area contributed by atoms with Crippen molar-refractivity contribution in [2.24, 2.45) is 5.92 Å². The van der Waals surface area contributed by atoms with E-state index in [4.69, 9.17) is 4.74 Å². The van der Waals surface area contributed by atoms with Gasteiger partial charge in [0.25, 0.3) is 0 Å². The van der Waals surface area contributed by atoms with Crippen LogP contribution in [0.25, 0.3) is 0 Å². The molecule has 1 aromatic heterocycles. The first kappa shape index (κ1) is 15.5. The van der Waals surface area contributed by atoms with E-state index < -0.39 is 0 Å². The monoisotopic (exact) mass is 314 g/mol. The van der Waals surface area contributed by atoms with Crippen molar-refractivity contribution < 1.29 is 9.53 Å². The summed E-state index contributed by atoms with van der Waals surface area (Å²) in [7, 11) is 0. The van der Waals surface area contributed by atoms with E-state index in [1.807, 2.05) is 24.3 Å². The first-order valence-corrected chi connectivity index (χ1v) is 8.15. The van der Waals surface area contributed by atoms with E-state index in [1.165, 1.54) is 49.4 Å². The third-order valence-corrected chi connectivity index (χ3v) is 4.12. The highest BCUT2D eigenvalue weighted by molar-refractivity contribution is 5.90. The van der Waals surface area contributed by atoms with Crippen LogP contribution in [0.15, 0.2) is 36.9 Å². The Balaban J connectivity index is 1.45. The second kappa shape index (κ2) is 7.76. The Morgan fingerprint density at radius 2 is 2.00 bits per heavy atom. The van der Waals surface area contributed by atoms with Crippen LogP contribution in [0.1, 0.15) is 32.1 Å². The van der Waals surface area contributed by atoms with Gasteiger partial charge in [0.2, 0.25) is 5.91 Å². The van der Waals surface area contributed by atoms with Gasteiger partial charge in [0, 0.05) is 5.69 Å². The number of amides is 1. The van der Waals surface area contributed by atoms with Gasteiger partial charge < -0.3 is 10.1 Å². The summed E-state index contributed by atoms with van der Waals surface area (Å²) < 4.78 is 7.34. The molecule has 1 amide bonds. The minimum absolute atomic E-state index is 0.133. The highest BCUT2D eigenvalue weighted by Crippen LogP contribution is 2.25. The van der Waals surface area contributed by atoms with Crippen LogP contribution in [0, 0.1) is 5.92 Å². The highest BCUT2D eigenvalue weighted by atomic mass is 16.5. The molecule has 2 aromatic rings. The standard InChI is InChI=1S/C17H22N4O2/c22-17(10-21-13-18-12-19-21)20-15-6-8-16(9-7-15)23-11-14-4-2-1-3-5-14/h6-9,12-14H,1-5,10-11H2,(H,20,22). The van der Waals surface area contributed by atoms with E-state index in [1.54, 1.807) is 0 Å². The molecule has 6 nitrogen and oxygen atoms in total. The predicted octanol–water partition coefficient (Wildman–Crippen LogP) is 2.88. The van der Waals surface area contributed by atoms with Crippen molar-refractivity contribution in [3.63, 3.8) is 0 Å². The van der Waals surface area contributed by atoms with E-state index in [0.29, 0.717) is 5.92 Å². The predicted molar refractivity (Wildman–Crippen MR) is 87.2 cm³/mol. The fourth-order valence-electron chi connectivity index (χ4n) is 2.86. The van der Waals surface area contributed by atoms with Crippen LogP contribution in [0.2, 0.25) is 0 Å². The Morgan fingerprint density at radius 1 is 1.22 bits per heavy atom. The molecule has 1 N–H and O–H groups in total. The number of benzene rings is 1. The maximum atomic E-state index is 11.9. The maximum Gasteiger partial charge on any atom is 0.246 e. The average Bonchev–Trinajstić information content (AvgIpc) is 3.08. The van der Waals surface area contributed by atoms with Crippen LogP contribution >= 0.6 is 0 Å². The topological polar surface area (TPSA) is 69.0 Å². The summed E-state index contributed by atoms with van der Waals surface area (Å²) in [5, 5.41) is 6.74. The number of nitrogens with zero attached hydrogens (tertiary/aromatic N) is 3. The lowest BCUT2D eigenvalue weighted by atomic mass is 9.90. The van der Waals surface area contributed by atoms with Crippen LogP contribution < -0.4 is 10.1 Å². The summed E-state index contributed by atoms with van der Waals surface area (Å²) in [4.78, 5) is 15.7. The van der Waals surface area contributed by atoms with Gasteiger partial charge in [0.05, 0.1) is 6.61 Å². The molecule has 1 fully saturated rings. The van der Waals surface area contributed by atoms with Crippen molar-refractivity contribution in [1.82, 2.24) is 14.8 Å². The fraction of sp³-hybridized carbons (Fsp3) is 0.471. The number of hydrogen-bond acceptors (Lipinski definition) is 4. The zero-order valence-corrected chi connectivity index (χ0v) is 13.1. The van der Waals surface area contributed by atoms with E-state index in [9.17, 15) is 4.79 Å². The van der Waals surface area contributed by atoms with Gasteiger partial charge in [-0.1, -0.05) is 19.3 Å². The smallest absolute Gasteiger partial charge is 0.246 e. The molecule has 1 aliphatic carbocycles. The van der Waals surface area contributed by atoms with Crippen molar-refractivity contribution in [2.75, 3.05) is 11.9 Å². The fourth-order valence-corrected chi connectivity index (χ4v) is 2.86. The molecule has 1 aromatic carbocycles. The number of nitrogens with one attached hydrogen (secondary N) is 1. The summed E-state index contributed by atoms with van der Waals surface area (Å²) in [6.45, 7) is 0.942. The Morgan fingerprint density at radius 3 is 2.70 bits per heavy atom. The molecule has 3 rings (SSSR count). The minimum Gasteiger partial charge on any atom is -0.493 e. The summed E-state index contributed by atoms with van der Waals surface area (Å²) >= 11 is 0. The zero-order chi connectivity index (χ0) is 15.9. The summed E-state index contributed by atoms with van der Waals surface area (Å²) in [5.74, 6) is 1.40. The quantitative estimate of drug-likeness (QED) is 0.890. The Bertz CT molecular complexity index is 604. The van der Waals surface area contributed by atoms with Gasteiger partial charge in [-0.2, -0.15) is 5.10 Å². The number of rotatable bonds is 6. The molecule has 6 heteroatoms. The van der Waals surface area contributed by atoms with Crippen molar-refractivity contribution >= 4 is 11.6 Å². The summed E-state index contributed by atoms with van der Waals surface area (Å²) in [5.41, 5.74) is 0.750. The van der Waals surface area contributed by atoms with Crippen LogP contribution in [0.5, 0.6) is 5.75 Å². The number of hydrogen-bond donors (Lipinski definition) is 1. The molecule has 0 aliphatic heterocycles. The Labute approximate surface area is 135 Å². The van der Waals surface area contributed by atoms with Crippen molar-refractivity contribution in [2.45, 2.75) is 38.6 Å². The molecule has 0 saturated heterocycles. The molecule has 0 unspecified atom stereocenters. The number of aromatic nitrogens is 3. The molecule has 1 aliphatic rings. The molecule has 1 heterocycles. The molecule has 122 valence electrons. The van der Waals surface area contributed by atoms with Gasteiger partial charge in [0.15, 0.2) is 0 Å². The number of carbonyl (C=O) groups excluding carboxylic acids is 1. The average molecular weight is 314 g/mol. The van der Waals surface area contributed by atoms with Gasteiger partial charge in [-0.25, -0.2) is 9.67 Å². The van der Waals surface area contributed by atoms with E-state index in [-0.39, 0.29) is 12.5 Å². The third kappa shape index (κ3) is 4.81. The SMILES string of the molecule is O=C(Cn1cncn1)Nc1ccc(OCC2CCCCC2)cc1. The normalized spacial score (nSPS) is 15.3. The van der Waals surface area contributed by atoms with Crippen LogP contribution in [-0.2, 0) is 11.3 Å². The van der Waals surface area contributed by atoms with E-state index in [0.717, 1.165) is 18.0 Å². The third-order valence-electron chi connectivity index (χ3n) is 4.12. The van der Waals surface area contributed by atoms with E-state index >= 15 is 0 Å². The van der Waals surface area contributed by atoms with Crippen LogP contribution in [0.4, 0.5) is 5.69 Å². The van der Waals surface area contributed by atoms with Gasteiger partial charge >= 0.3 is 0 Å². The second-order valence-corrected chi connectivity index (χ2v) is 5.98. The minimum atomic E-state index is -0.133. The lowest BCUT2D eigenvalue weighted by Crippen LogP contribution is -2.19. The van der Waals surface area contributed by atoms with Crippen molar-refractivity contribution in [3.05, 3.63) is 36.9 Å². The van der Waals surface area contributed by atoms with E-state index in [2.05, 4.69) is 15.4 Å². The first-order chi connectivity index (χ1) is 11.3. The van der Waals surface area contributed by atoms with Crippen LogP contribution in [-0.4, -0.2) is 27.3 Å². The number of anilines is 1. The maximum absolute atomic E-state index is 11.9. The largest absolute Gasteiger partial charge is 0.493 e. The molecule has 1 saturated carbocycles. The Kier molecular flexibility index (Phi) is 5.24. The van der Waals surface area contributed by atoms with Gasteiger partial charge in [0.1, 0.15) is 24.9 Å². The summed E-state index contributed by atoms with van der Waals surface area (Å²) in [6.07, 6.45) is 9.48. The molecular formula is C17H22N4O2. The molecular weight excluding hydrogens is 292 g/mol. The van der Waals surface area contributed by atoms with Crippen LogP contribution in [0.3, 0.4) is 0 Å². The number of carbonyl (C=O) groups is 1. The van der Waals surface area contributed by atoms with Crippen molar-refractivity contribution in [1.29, 1.82) is 0 Å². The van der Waals surface area contributed by atoms with Gasteiger partial charge in [-0.15, -0.1) is 0 Å². The Hall–Kier alpha value is -2.37. The lowest BCUT2D eigenvalue weighted by molar-refractivity contribution is -0.116. The lowest BCUT2D eigenvalue weighted by Gasteiger charge is -2.21. The first-order valence-electron chi connectivity index (χ1n) is 8.15. The van der Waals surface area contributed by atoms with Gasteiger partial charge in [-0.05, 0) is 43.0 Å². The number of ether oxygens (including phenoxy) is 1. The van der Waals surface area contributed by atoms with Gasteiger partial charge in [-0.3, -0.25) is 4.79 Å². The molecule has 0 bridgehead atoms. The molecule has 0 radical (unpaired) electrons. The second-order valence-electron chi connectivity index (χ2n) is 5.98. The van der Waals surface area contributed by atoms with Crippen molar-refractivity contribution in [3.8, 4) is 5.75 Å². The molecule has 0 spiro atoms. The molecule has 0 atom stereocenters. The highest BCUT2D eigenvalue weighted by Gasteiger charge is 2.13. The summed E-state index contributed by atoms with van der Waals surface area (Å²) in [6, 6.07) is 7.51. The molecule has 23 heavy (non-hydrogen) atoms. The zero-order valence-electron chi connectivity index (χ0n) is 13.1.